The van der Waals surface area contributed by atoms with E-state index in [2.05, 4.69) is 0 Å². The van der Waals surface area contributed by atoms with E-state index in [1.165, 1.54) is 30.8 Å². The third kappa shape index (κ3) is 6.61. The Bertz CT molecular complexity index is 1190. The highest BCUT2D eigenvalue weighted by Gasteiger charge is 2.25. The number of nitrogens with one attached hydrogen (secondary N) is 1. The molecule has 0 spiro atoms. The fraction of sp³-hybridized carbons (Fsp3) is 0.346. The third-order valence-corrected chi connectivity index (χ3v) is 6.52. The average Bonchev–Trinajstić information content (AvgIpc) is 3.27. The number of aromatic hydroxyl groups is 1. The number of fused-ring (bicyclic) bond motifs is 1. The summed E-state index contributed by atoms with van der Waals surface area (Å²) < 4.78 is 1.94. The van der Waals surface area contributed by atoms with Crippen molar-refractivity contribution in [2.45, 2.75) is 44.7 Å². The van der Waals surface area contributed by atoms with Gasteiger partial charge in [0.15, 0.2) is 0 Å². The Morgan fingerprint density at radius 1 is 1.17 bits per heavy atom. The topological polar surface area (TPSA) is 133 Å². The van der Waals surface area contributed by atoms with Crippen LogP contribution in [-0.4, -0.2) is 56.9 Å². The third-order valence-electron chi connectivity index (χ3n) is 6.22. The summed E-state index contributed by atoms with van der Waals surface area (Å²) in [5.41, 5.74) is 7.07. The SMILES string of the molecule is N=Cc1cccc2c1ccn2CC(=O)N(CCO)C1CCCCC1.NC(=O)c1ccc(O)c(Cl)c1. The highest BCUT2D eigenvalue weighted by Crippen LogP contribution is 2.24. The largest absolute Gasteiger partial charge is 0.506 e. The Kier molecular flexibility index (Phi) is 9.28. The molecule has 4 rings (SSSR count). The van der Waals surface area contributed by atoms with E-state index in [1.807, 2.05) is 39.9 Å². The number of phenols is 1. The van der Waals surface area contributed by atoms with Crippen LogP contribution in [0.1, 0.15) is 48.0 Å². The van der Waals surface area contributed by atoms with Gasteiger partial charge in [0, 0.05) is 47.0 Å². The minimum Gasteiger partial charge on any atom is -0.506 e. The maximum atomic E-state index is 12.8. The van der Waals surface area contributed by atoms with Crippen molar-refractivity contribution >= 4 is 40.5 Å². The maximum absolute atomic E-state index is 12.8. The zero-order valence-electron chi connectivity index (χ0n) is 19.5. The number of carbonyl (C=O) groups is 2. The number of benzene rings is 2. The summed E-state index contributed by atoms with van der Waals surface area (Å²) in [5, 5.41) is 26.9. The summed E-state index contributed by atoms with van der Waals surface area (Å²) in [4.78, 5) is 25.3. The number of hydrogen-bond donors (Lipinski definition) is 4. The molecule has 0 aliphatic heterocycles. The molecule has 0 bridgehead atoms. The first-order valence-electron chi connectivity index (χ1n) is 11.6. The van der Waals surface area contributed by atoms with Gasteiger partial charge in [0.25, 0.3) is 0 Å². The number of aliphatic hydroxyl groups is 1. The second kappa shape index (κ2) is 12.4. The van der Waals surface area contributed by atoms with Gasteiger partial charge in [-0.05, 0) is 43.2 Å². The maximum Gasteiger partial charge on any atom is 0.248 e. The van der Waals surface area contributed by atoms with Gasteiger partial charge in [-0.1, -0.05) is 43.0 Å². The summed E-state index contributed by atoms with van der Waals surface area (Å²) in [7, 11) is 0. The van der Waals surface area contributed by atoms with Gasteiger partial charge in [-0.3, -0.25) is 9.59 Å². The number of primary amides is 1. The summed E-state index contributed by atoms with van der Waals surface area (Å²) >= 11 is 5.50. The molecule has 1 heterocycles. The number of halogens is 1. The molecule has 2 aromatic carbocycles. The number of carbonyl (C=O) groups excluding carboxylic acids is 2. The smallest absolute Gasteiger partial charge is 0.248 e. The molecule has 3 aromatic rings. The lowest BCUT2D eigenvalue weighted by Gasteiger charge is -2.34. The number of aliphatic hydroxyl groups excluding tert-OH is 1. The molecule has 0 atom stereocenters. The first kappa shape index (κ1) is 26.2. The van der Waals surface area contributed by atoms with Crippen LogP contribution in [0.25, 0.3) is 10.9 Å². The lowest BCUT2D eigenvalue weighted by Crippen LogP contribution is -2.44. The lowest BCUT2D eigenvalue weighted by atomic mass is 9.94. The van der Waals surface area contributed by atoms with Gasteiger partial charge in [0.05, 0.1) is 11.6 Å². The van der Waals surface area contributed by atoms with Crippen LogP contribution in [0, 0.1) is 5.41 Å². The van der Waals surface area contributed by atoms with Gasteiger partial charge >= 0.3 is 0 Å². The molecule has 8 nitrogen and oxygen atoms in total. The van der Waals surface area contributed by atoms with Crippen LogP contribution in [0.5, 0.6) is 5.75 Å². The molecule has 0 unspecified atom stereocenters. The molecule has 9 heteroatoms. The molecule has 1 aromatic heterocycles. The zero-order chi connectivity index (χ0) is 25.4. The zero-order valence-corrected chi connectivity index (χ0v) is 20.2. The van der Waals surface area contributed by atoms with Crippen LogP contribution in [0.4, 0.5) is 0 Å². The predicted octanol–water partition coefficient (Wildman–Crippen LogP) is 3.94. The normalized spacial score (nSPS) is 13.7. The van der Waals surface area contributed by atoms with Crippen LogP contribution in [0.15, 0.2) is 48.7 Å². The van der Waals surface area contributed by atoms with Crippen LogP contribution in [0.3, 0.4) is 0 Å². The van der Waals surface area contributed by atoms with Crippen molar-refractivity contribution in [1.82, 2.24) is 9.47 Å². The van der Waals surface area contributed by atoms with Crippen molar-refractivity contribution in [1.29, 1.82) is 5.41 Å². The van der Waals surface area contributed by atoms with Crippen LogP contribution in [-0.2, 0) is 11.3 Å². The van der Waals surface area contributed by atoms with E-state index in [1.54, 1.807) is 0 Å². The number of amides is 2. The minimum atomic E-state index is -0.563. The standard InChI is InChI=1S/C19H25N3O2.C7H6ClNO2/c20-13-15-5-4-8-18-17(15)9-10-21(18)14-19(24)22(11-12-23)16-6-2-1-3-7-16;8-5-3-4(7(9)11)1-2-6(5)10/h4-5,8-10,13,16,20,23H,1-3,6-7,11-12,14H2;1-3,10H,(H2,9,11). The molecule has 1 fully saturated rings. The quantitative estimate of drug-likeness (QED) is 0.367. The van der Waals surface area contributed by atoms with Crippen molar-refractivity contribution in [3.05, 3.63) is 64.8 Å². The summed E-state index contributed by atoms with van der Waals surface area (Å²) in [6.07, 6.45) is 8.89. The monoisotopic (exact) mass is 498 g/mol. The van der Waals surface area contributed by atoms with Gasteiger partial charge in [0.2, 0.25) is 11.8 Å². The Hall–Kier alpha value is -3.36. The Morgan fingerprint density at radius 3 is 2.54 bits per heavy atom. The summed E-state index contributed by atoms with van der Waals surface area (Å²) in [5.74, 6) is -0.558. The molecular weight excluding hydrogens is 468 g/mol. The molecule has 186 valence electrons. The van der Waals surface area contributed by atoms with E-state index < -0.39 is 5.91 Å². The molecular formula is C26H31ClN4O4. The first-order valence-corrected chi connectivity index (χ1v) is 12.0. The predicted molar refractivity (Wildman–Crippen MR) is 137 cm³/mol. The van der Waals surface area contributed by atoms with Crippen LogP contribution >= 0.6 is 11.6 Å². The van der Waals surface area contributed by atoms with Crippen molar-refractivity contribution in [3.8, 4) is 5.75 Å². The van der Waals surface area contributed by atoms with E-state index >= 15 is 0 Å². The van der Waals surface area contributed by atoms with E-state index in [0.29, 0.717) is 6.54 Å². The van der Waals surface area contributed by atoms with Gasteiger partial charge < -0.3 is 30.8 Å². The molecule has 1 saturated carbocycles. The fourth-order valence-corrected chi connectivity index (χ4v) is 4.60. The second-order valence-electron chi connectivity index (χ2n) is 8.50. The van der Waals surface area contributed by atoms with Gasteiger partial charge in [0.1, 0.15) is 12.3 Å². The van der Waals surface area contributed by atoms with E-state index in [0.717, 1.165) is 42.1 Å². The molecule has 5 N–H and O–H groups in total. The molecule has 0 radical (unpaired) electrons. The summed E-state index contributed by atoms with van der Waals surface area (Å²) in [6.45, 7) is 0.697. The molecule has 2 amide bonds. The summed E-state index contributed by atoms with van der Waals surface area (Å²) in [6, 6.07) is 12.1. The number of phenolic OH excluding ortho intramolecular Hbond substituents is 1. The van der Waals surface area contributed by atoms with Crippen molar-refractivity contribution < 1.29 is 19.8 Å². The average molecular weight is 499 g/mol. The van der Waals surface area contributed by atoms with Crippen molar-refractivity contribution in [2.75, 3.05) is 13.2 Å². The second-order valence-corrected chi connectivity index (χ2v) is 8.91. The highest BCUT2D eigenvalue weighted by atomic mass is 35.5. The van der Waals surface area contributed by atoms with Crippen LogP contribution < -0.4 is 5.73 Å². The van der Waals surface area contributed by atoms with E-state index in [9.17, 15) is 14.7 Å². The number of rotatable bonds is 7. The van der Waals surface area contributed by atoms with Gasteiger partial charge in [-0.15, -0.1) is 0 Å². The molecule has 35 heavy (non-hydrogen) atoms. The lowest BCUT2D eigenvalue weighted by molar-refractivity contribution is -0.135. The number of hydrogen-bond acceptors (Lipinski definition) is 5. The van der Waals surface area contributed by atoms with Crippen molar-refractivity contribution in [3.63, 3.8) is 0 Å². The van der Waals surface area contributed by atoms with Gasteiger partial charge in [-0.2, -0.15) is 0 Å². The number of aromatic nitrogens is 1. The first-order chi connectivity index (χ1) is 16.8. The highest BCUT2D eigenvalue weighted by molar-refractivity contribution is 6.32. The fourth-order valence-electron chi connectivity index (χ4n) is 4.42. The number of nitrogens with two attached hydrogens (primary N) is 1. The Morgan fingerprint density at radius 2 is 1.91 bits per heavy atom. The number of nitrogens with zero attached hydrogens (tertiary/aromatic N) is 2. The van der Waals surface area contributed by atoms with E-state index in [4.69, 9.17) is 27.9 Å². The molecule has 1 aliphatic rings. The van der Waals surface area contributed by atoms with Crippen LogP contribution in [0.2, 0.25) is 5.02 Å². The van der Waals surface area contributed by atoms with E-state index in [-0.39, 0.29) is 41.4 Å². The molecule has 0 saturated heterocycles. The minimum absolute atomic E-state index is 0.00656. The molecule has 1 aliphatic carbocycles. The van der Waals surface area contributed by atoms with Crippen molar-refractivity contribution in [2.24, 2.45) is 5.73 Å². The Labute approximate surface area is 209 Å². The van der Waals surface area contributed by atoms with Gasteiger partial charge in [-0.25, -0.2) is 0 Å². The Balaban J connectivity index is 0.000000261.